The van der Waals surface area contributed by atoms with Crippen molar-refractivity contribution in [3.05, 3.63) is 29.6 Å². The van der Waals surface area contributed by atoms with Gasteiger partial charge < -0.3 is 5.11 Å². The summed E-state index contributed by atoms with van der Waals surface area (Å²) in [7, 11) is -3.76. The molecule has 3 atom stereocenters. The van der Waals surface area contributed by atoms with E-state index in [0.717, 1.165) is 24.6 Å². The Hall–Kier alpha value is -1.43. The lowest BCUT2D eigenvalue weighted by Crippen LogP contribution is -2.31. The van der Waals surface area contributed by atoms with Crippen LogP contribution in [0.25, 0.3) is 0 Å². The molecule has 0 bridgehead atoms. The minimum Gasteiger partial charge on any atom is -0.478 e. The van der Waals surface area contributed by atoms with Gasteiger partial charge in [-0.25, -0.2) is 17.6 Å². The van der Waals surface area contributed by atoms with Crippen molar-refractivity contribution in [1.29, 1.82) is 0 Å². The lowest BCUT2D eigenvalue weighted by atomic mass is 9.81. The molecule has 1 aromatic rings. The van der Waals surface area contributed by atoms with Gasteiger partial charge in [0.2, 0.25) is 0 Å². The molecule has 0 spiro atoms. The van der Waals surface area contributed by atoms with Gasteiger partial charge in [0.05, 0.1) is 10.8 Å². The average molecular weight is 314 g/mol. The molecule has 1 N–H and O–H groups in total. The van der Waals surface area contributed by atoms with Crippen LogP contribution in [0.2, 0.25) is 0 Å². The van der Waals surface area contributed by atoms with Crippen LogP contribution in [-0.2, 0) is 9.84 Å². The molecule has 1 saturated carbocycles. The molecule has 0 aliphatic heterocycles. The minimum absolute atomic E-state index is 0.253. The number of hydrogen-bond donors (Lipinski definition) is 1. The third-order valence-electron chi connectivity index (χ3n) is 4.47. The number of carboxylic acid groups (broad SMARTS) is 1. The monoisotopic (exact) mass is 314 g/mol. The second kappa shape index (κ2) is 5.75. The Morgan fingerprint density at radius 1 is 1.24 bits per heavy atom. The third-order valence-corrected chi connectivity index (χ3v) is 6.72. The molecule has 0 radical (unpaired) electrons. The van der Waals surface area contributed by atoms with Crippen molar-refractivity contribution in [2.45, 2.75) is 43.3 Å². The SMILES string of the molecule is CC1CCC(S(=O)(=O)c2ccc(C(=O)O)cc2F)CC1C. The van der Waals surface area contributed by atoms with E-state index in [-0.39, 0.29) is 16.4 Å². The van der Waals surface area contributed by atoms with E-state index >= 15 is 0 Å². The van der Waals surface area contributed by atoms with Crippen LogP contribution in [0.3, 0.4) is 0 Å². The zero-order valence-corrected chi connectivity index (χ0v) is 12.9. The standard InChI is InChI=1S/C15H19FO4S/c1-9-3-5-12(7-10(9)2)21(19,20)14-6-4-11(15(17)18)8-13(14)16/h4,6,8-10,12H,3,5,7H2,1-2H3,(H,17,18). The number of benzene rings is 1. The fraction of sp³-hybridized carbons (Fsp3) is 0.533. The van der Waals surface area contributed by atoms with E-state index in [2.05, 4.69) is 6.92 Å². The lowest BCUT2D eigenvalue weighted by molar-refractivity contribution is 0.0696. The van der Waals surface area contributed by atoms with Crippen LogP contribution >= 0.6 is 0 Å². The number of halogens is 1. The van der Waals surface area contributed by atoms with Crippen LogP contribution in [0.5, 0.6) is 0 Å². The smallest absolute Gasteiger partial charge is 0.335 e. The number of carboxylic acids is 1. The largest absolute Gasteiger partial charge is 0.478 e. The van der Waals surface area contributed by atoms with Gasteiger partial charge in [0, 0.05) is 0 Å². The van der Waals surface area contributed by atoms with Gasteiger partial charge in [-0.05, 0) is 49.3 Å². The molecule has 1 aliphatic rings. The van der Waals surface area contributed by atoms with Crippen molar-refractivity contribution < 1.29 is 22.7 Å². The predicted molar refractivity (Wildman–Crippen MR) is 76.5 cm³/mol. The van der Waals surface area contributed by atoms with Crippen molar-refractivity contribution in [3.63, 3.8) is 0 Å². The molecule has 0 heterocycles. The van der Waals surface area contributed by atoms with Gasteiger partial charge in [-0.1, -0.05) is 13.8 Å². The highest BCUT2D eigenvalue weighted by molar-refractivity contribution is 7.92. The normalized spacial score (nSPS) is 26.5. The van der Waals surface area contributed by atoms with Gasteiger partial charge in [0.1, 0.15) is 10.7 Å². The zero-order valence-electron chi connectivity index (χ0n) is 12.0. The summed E-state index contributed by atoms with van der Waals surface area (Å²) < 4.78 is 39.1. The van der Waals surface area contributed by atoms with Crippen molar-refractivity contribution >= 4 is 15.8 Å². The summed E-state index contributed by atoms with van der Waals surface area (Å²) in [4.78, 5) is 10.4. The fourth-order valence-corrected chi connectivity index (χ4v) is 4.78. The van der Waals surface area contributed by atoms with Gasteiger partial charge >= 0.3 is 5.97 Å². The molecular formula is C15H19FO4S. The van der Waals surface area contributed by atoms with Crippen molar-refractivity contribution in [2.24, 2.45) is 11.8 Å². The number of carbonyl (C=O) groups is 1. The zero-order chi connectivity index (χ0) is 15.8. The Morgan fingerprint density at radius 2 is 1.90 bits per heavy atom. The first-order valence-electron chi connectivity index (χ1n) is 7.00. The maximum atomic E-state index is 14.0. The maximum absolute atomic E-state index is 14.0. The van der Waals surface area contributed by atoms with Crippen LogP contribution in [-0.4, -0.2) is 24.7 Å². The highest BCUT2D eigenvalue weighted by Gasteiger charge is 2.35. The molecule has 2 rings (SSSR count). The Bertz CT molecular complexity index is 654. The second-order valence-corrected chi connectivity index (χ2v) is 8.08. The Labute approximate surface area is 123 Å². The molecular weight excluding hydrogens is 295 g/mol. The molecule has 21 heavy (non-hydrogen) atoms. The summed E-state index contributed by atoms with van der Waals surface area (Å²) in [6, 6.07) is 2.97. The molecule has 0 saturated heterocycles. The van der Waals surface area contributed by atoms with Crippen LogP contribution < -0.4 is 0 Å². The Kier molecular flexibility index (Phi) is 4.37. The number of aromatic carboxylic acids is 1. The van der Waals surface area contributed by atoms with Gasteiger partial charge in [-0.3, -0.25) is 0 Å². The van der Waals surface area contributed by atoms with E-state index in [1.54, 1.807) is 0 Å². The summed E-state index contributed by atoms with van der Waals surface area (Å²) in [5.41, 5.74) is -0.253. The summed E-state index contributed by atoms with van der Waals surface area (Å²) in [5, 5.41) is 8.21. The fourth-order valence-electron chi connectivity index (χ4n) is 2.82. The van der Waals surface area contributed by atoms with Gasteiger partial charge in [0.25, 0.3) is 0 Å². The molecule has 3 unspecified atom stereocenters. The Balaban J connectivity index is 2.34. The first kappa shape index (κ1) is 15.9. The van der Waals surface area contributed by atoms with E-state index in [9.17, 15) is 17.6 Å². The minimum atomic E-state index is -3.76. The lowest BCUT2D eigenvalue weighted by Gasteiger charge is -2.31. The highest BCUT2D eigenvalue weighted by atomic mass is 32.2. The van der Waals surface area contributed by atoms with Crippen LogP contribution in [0.4, 0.5) is 4.39 Å². The van der Waals surface area contributed by atoms with Crippen LogP contribution in [0, 0.1) is 17.7 Å². The van der Waals surface area contributed by atoms with E-state index in [4.69, 9.17) is 5.11 Å². The number of sulfone groups is 1. The predicted octanol–water partition coefficient (Wildman–Crippen LogP) is 3.12. The molecule has 1 aromatic carbocycles. The molecule has 0 aromatic heterocycles. The number of rotatable bonds is 3. The average Bonchev–Trinajstić information content (AvgIpc) is 2.41. The van der Waals surface area contributed by atoms with Gasteiger partial charge in [-0.2, -0.15) is 0 Å². The van der Waals surface area contributed by atoms with Gasteiger partial charge in [-0.15, -0.1) is 0 Å². The molecule has 6 heteroatoms. The summed E-state index contributed by atoms with van der Waals surface area (Å²) in [5.74, 6) is -1.52. The first-order valence-corrected chi connectivity index (χ1v) is 8.55. The van der Waals surface area contributed by atoms with Gasteiger partial charge in [0.15, 0.2) is 9.84 Å². The summed E-state index contributed by atoms with van der Waals surface area (Å²) in [6.07, 6.45) is 1.84. The molecule has 4 nitrogen and oxygen atoms in total. The summed E-state index contributed by atoms with van der Waals surface area (Å²) in [6.45, 7) is 4.10. The third kappa shape index (κ3) is 3.10. The van der Waals surface area contributed by atoms with Crippen LogP contribution in [0.15, 0.2) is 23.1 Å². The van der Waals surface area contributed by atoms with E-state index in [1.807, 2.05) is 6.92 Å². The molecule has 0 amide bonds. The van der Waals surface area contributed by atoms with Crippen LogP contribution in [0.1, 0.15) is 43.5 Å². The van der Waals surface area contributed by atoms with E-state index in [1.165, 1.54) is 0 Å². The summed E-state index contributed by atoms with van der Waals surface area (Å²) >= 11 is 0. The maximum Gasteiger partial charge on any atom is 0.335 e. The Morgan fingerprint density at radius 3 is 2.43 bits per heavy atom. The topological polar surface area (TPSA) is 71.4 Å². The number of hydrogen-bond acceptors (Lipinski definition) is 3. The molecule has 1 aliphatic carbocycles. The molecule has 1 fully saturated rings. The highest BCUT2D eigenvalue weighted by Crippen LogP contribution is 2.36. The van der Waals surface area contributed by atoms with E-state index < -0.39 is 26.9 Å². The molecule has 116 valence electrons. The van der Waals surface area contributed by atoms with Crippen molar-refractivity contribution in [1.82, 2.24) is 0 Å². The van der Waals surface area contributed by atoms with Crippen molar-refractivity contribution in [3.8, 4) is 0 Å². The van der Waals surface area contributed by atoms with Crippen molar-refractivity contribution in [2.75, 3.05) is 0 Å². The quantitative estimate of drug-likeness (QED) is 0.930. The van der Waals surface area contributed by atoms with E-state index in [0.29, 0.717) is 18.8 Å². The second-order valence-electron chi connectivity index (χ2n) is 5.88. The first-order chi connectivity index (χ1) is 9.73.